The maximum absolute atomic E-state index is 13.0. The minimum atomic E-state index is -0.350. The van der Waals surface area contributed by atoms with Crippen LogP contribution < -0.4 is 4.90 Å². The number of fused-ring (bicyclic) bond motifs is 1. The topological polar surface area (TPSA) is 55.2 Å². The molecule has 0 bridgehead atoms. The summed E-state index contributed by atoms with van der Waals surface area (Å²) in [5.74, 6) is -0.657. The Morgan fingerprint density at radius 1 is 0.833 bits per heavy atom. The smallest absolute Gasteiger partial charge is 0.268 e. The number of carbonyl (C=O) groups excluding carboxylic acids is 2. The van der Waals surface area contributed by atoms with E-state index >= 15 is 0 Å². The van der Waals surface area contributed by atoms with Crippen LogP contribution in [0.25, 0.3) is 16.6 Å². The van der Waals surface area contributed by atoms with Crippen molar-refractivity contribution in [3.05, 3.63) is 65.9 Å². The van der Waals surface area contributed by atoms with Crippen molar-refractivity contribution in [2.75, 3.05) is 4.90 Å². The highest BCUT2D eigenvalue weighted by molar-refractivity contribution is 6.43. The van der Waals surface area contributed by atoms with Gasteiger partial charge in [-0.3, -0.25) is 9.59 Å². The highest BCUT2D eigenvalue weighted by Gasteiger charge is 2.39. The lowest BCUT2D eigenvalue weighted by Crippen LogP contribution is -2.31. The lowest BCUT2D eigenvalue weighted by molar-refractivity contribution is -0.120. The van der Waals surface area contributed by atoms with Crippen LogP contribution in [0.4, 0.5) is 5.69 Å². The Balaban J connectivity index is 1.89. The predicted octanol–water partition coefficient (Wildman–Crippen LogP) is 3.15. The van der Waals surface area contributed by atoms with E-state index in [1.807, 2.05) is 37.3 Å². The summed E-state index contributed by atoms with van der Waals surface area (Å²) >= 11 is 0. The lowest BCUT2D eigenvalue weighted by atomic mass is 10.2. The van der Waals surface area contributed by atoms with Gasteiger partial charge in [0.1, 0.15) is 5.70 Å². The number of hydrogen-bond donors (Lipinski definition) is 0. The van der Waals surface area contributed by atoms with E-state index in [1.54, 1.807) is 35.9 Å². The molecule has 1 aromatic heterocycles. The van der Waals surface area contributed by atoms with Crippen LogP contribution in [0, 0.1) is 6.92 Å². The monoisotopic (exact) mass is 317 g/mol. The fourth-order valence-corrected chi connectivity index (χ4v) is 3.08. The van der Waals surface area contributed by atoms with Crippen LogP contribution in [0.3, 0.4) is 0 Å². The molecule has 1 aliphatic heterocycles. The number of amides is 2. The molecule has 2 amide bonds. The standard InChI is InChI=1S/C19H15N3O2/c1-12-17(22-16-11-7-6-10-15(16)13(2)20-22)19(24)21(18(12)23)14-8-4-3-5-9-14/h3-11H,1-2H3. The van der Waals surface area contributed by atoms with Crippen LogP contribution in [0.15, 0.2) is 60.2 Å². The van der Waals surface area contributed by atoms with E-state index in [4.69, 9.17) is 0 Å². The average molecular weight is 317 g/mol. The maximum atomic E-state index is 13.0. The zero-order valence-corrected chi connectivity index (χ0v) is 13.4. The Morgan fingerprint density at radius 2 is 1.50 bits per heavy atom. The van der Waals surface area contributed by atoms with Gasteiger partial charge in [-0.2, -0.15) is 5.10 Å². The first-order chi connectivity index (χ1) is 11.6. The van der Waals surface area contributed by atoms with Crippen LogP contribution in [0.1, 0.15) is 12.6 Å². The molecule has 5 nitrogen and oxygen atoms in total. The number of aromatic nitrogens is 2. The highest BCUT2D eigenvalue weighted by atomic mass is 16.2. The minimum absolute atomic E-state index is 0.307. The second kappa shape index (κ2) is 5.16. The van der Waals surface area contributed by atoms with Crippen LogP contribution in [0.5, 0.6) is 0 Å². The summed E-state index contributed by atoms with van der Waals surface area (Å²) in [4.78, 5) is 26.8. The first-order valence-electron chi connectivity index (χ1n) is 7.69. The summed E-state index contributed by atoms with van der Waals surface area (Å²) in [5, 5.41) is 5.46. The van der Waals surface area contributed by atoms with Gasteiger partial charge in [0.15, 0.2) is 0 Å². The molecule has 0 atom stereocenters. The molecule has 1 aliphatic rings. The largest absolute Gasteiger partial charge is 0.284 e. The van der Waals surface area contributed by atoms with Gasteiger partial charge in [-0.25, -0.2) is 9.58 Å². The fourth-order valence-electron chi connectivity index (χ4n) is 3.08. The molecule has 0 saturated carbocycles. The number of imide groups is 1. The third-order valence-electron chi connectivity index (χ3n) is 4.28. The van der Waals surface area contributed by atoms with Gasteiger partial charge in [0, 0.05) is 11.0 Å². The van der Waals surface area contributed by atoms with E-state index in [0.29, 0.717) is 17.0 Å². The summed E-state index contributed by atoms with van der Waals surface area (Å²) in [6, 6.07) is 16.6. The summed E-state index contributed by atoms with van der Waals surface area (Å²) < 4.78 is 1.59. The van der Waals surface area contributed by atoms with Gasteiger partial charge in [-0.15, -0.1) is 0 Å². The number of aryl methyl sites for hydroxylation is 1. The Bertz CT molecular complexity index is 1020. The number of anilines is 1. The number of nitrogens with zero attached hydrogens (tertiary/aromatic N) is 3. The first-order valence-corrected chi connectivity index (χ1v) is 7.69. The van der Waals surface area contributed by atoms with Crippen molar-refractivity contribution in [3.63, 3.8) is 0 Å². The van der Waals surface area contributed by atoms with Gasteiger partial charge in [0.2, 0.25) is 0 Å². The SMILES string of the molecule is CC1=C(n2nc(C)c3ccccc32)C(=O)N(c2ccccc2)C1=O. The molecule has 2 heterocycles. The van der Waals surface area contributed by atoms with Crippen LogP contribution in [-0.2, 0) is 9.59 Å². The van der Waals surface area contributed by atoms with E-state index in [1.165, 1.54) is 4.90 Å². The van der Waals surface area contributed by atoms with Crippen molar-refractivity contribution in [2.24, 2.45) is 0 Å². The predicted molar refractivity (Wildman–Crippen MR) is 92.3 cm³/mol. The normalized spacial score (nSPS) is 15.0. The first kappa shape index (κ1) is 14.4. The molecule has 2 aromatic carbocycles. The average Bonchev–Trinajstić information content (AvgIpc) is 3.03. The molecule has 0 N–H and O–H groups in total. The van der Waals surface area contributed by atoms with Gasteiger partial charge >= 0.3 is 0 Å². The zero-order chi connectivity index (χ0) is 16.8. The molecule has 0 spiro atoms. The molecule has 0 radical (unpaired) electrons. The number of rotatable bonds is 2. The number of para-hydroxylation sites is 2. The molecule has 4 rings (SSSR count). The van der Waals surface area contributed by atoms with Crippen molar-refractivity contribution in [1.82, 2.24) is 9.78 Å². The molecule has 0 fully saturated rings. The molecule has 24 heavy (non-hydrogen) atoms. The zero-order valence-electron chi connectivity index (χ0n) is 13.4. The van der Waals surface area contributed by atoms with Crippen molar-refractivity contribution < 1.29 is 9.59 Å². The lowest BCUT2D eigenvalue weighted by Gasteiger charge is -2.14. The molecule has 118 valence electrons. The number of hydrogen-bond acceptors (Lipinski definition) is 3. The van der Waals surface area contributed by atoms with Crippen molar-refractivity contribution >= 4 is 34.1 Å². The molecule has 0 saturated heterocycles. The van der Waals surface area contributed by atoms with E-state index < -0.39 is 0 Å². The van der Waals surface area contributed by atoms with Crippen molar-refractivity contribution in [3.8, 4) is 0 Å². The second-order valence-corrected chi connectivity index (χ2v) is 5.77. The quantitative estimate of drug-likeness (QED) is 0.682. The summed E-state index contributed by atoms with van der Waals surface area (Å²) in [6.07, 6.45) is 0. The number of carbonyl (C=O) groups is 2. The van der Waals surface area contributed by atoms with Crippen LogP contribution in [0.2, 0.25) is 0 Å². The summed E-state index contributed by atoms with van der Waals surface area (Å²) in [5.41, 5.74) is 2.92. The van der Waals surface area contributed by atoms with Gasteiger partial charge in [-0.05, 0) is 32.0 Å². The van der Waals surface area contributed by atoms with Gasteiger partial charge in [0.05, 0.1) is 16.9 Å². The van der Waals surface area contributed by atoms with E-state index in [2.05, 4.69) is 5.10 Å². The fraction of sp³-hybridized carbons (Fsp3) is 0.105. The minimum Gasteiger partial charge on any atom is -0.268 e. The Hall–Kier alpha value is -3.21. The third kappa shape index (κ3) is 1.91. The molecule has 0 unspecified atom stereocenters. The number of benzene rings is 2. The van der Waals surface area contributed by atoms with E-state index in [-0.39, 0.29) is 11.8 Å². The van der Waals surface area contributed by atoms with Gasteiger partial charge in [-0.1, -0.05) is 36.4 Å². The maximum Gasteiger partial charge on any atom is 0.284 e. The Kier molecular flexibility index (Phi) is 3.09. The second-order valence-electron chi connectivity index (χ2n) is 5.77. The highest BCUT2D eigenvalue weighted by Crippen LogP contribution is 2.31. The van der Waals surface area contributed by atoms with Gasteiger partial charge in [0.25, 0.3) is 11.8 Å². The summed E-state index contributed by atoms with van der Waals surface area (Å²) in [6.45, 7) is 3.56. The molecule has 0 aliphatic carbocycles. The Labute approximate surface area is 138 Å². The van der Waals surface area contributed by atoms with Crippen molar-refractivity contribution in [2.45, 2.75) is 13.8 Å². The van der Waals surface area contributed by atoms with E-state index in [0.717, 1.165) is 16.6 Å². The van der Waals surface area contributed by atoms with Gasteiger partial charge < -0.3 is 0 Å². The van der Waals surface area contributed by atoms with Crippen molar-refractivity contribution in [1.29, 1.82) is 0 Å². The van der Waals surface area contributed by atoms with E-state index in [9.17, 15) is 9.59 Å². The van der Waals surface area contributed by atoms with Crippen LogP contribution >= 0.6 is 0 Å². The summed E-state index contributed by atoms with van der Waals surface area (Å²) in [7, 11) is 0. The third-order valence-corrected chi connectivity index (χ3v) is 4.28. The molecular weight excluding hydrogens is 302 g/mol. The molecular formula is C19H15N3O2. The Morgan fingerprint density at radius 3 is 2.25 bits per heavy atom. The molecule has 3 aromatic rings. The molecule has 5 heteroatoms. The van der Waals surface area contributed by atoms with Crippen LogP contribution in [-0.4, -0.2) is 21.6 Å².